The van der Waals surface area contributed by atoms with Crippen LogP contribution in [-0.2, 0) is 19.3 Å². The smallest absolute Gasteiger partial charge is 0.337 e. The lowest BCUT2D eigenvalue weighted by atomic mass is 9.64. The number of carbonyl (C=O) groups excluding carboxylic acids is 1. The zero-order valence-corrected chi connectivity index (χ0v) is 21.1. The van der Waals surface area contributed by atoms with Crippen molar-refractivity contribution in [3.8, 4) is 0 Å². The van der Waals surface area contributed by atoms with E-state index in [2.05, 4.69) is 0 Å². The van der Waals surface area contributed by atoms with E-state index in [1.54, 1.807) is 12.1 Å². The first-order chi connectivity index (χ1) is 16.6. The molecule has 0 heterocycles. The molecule has 0 spiro atoms. The number of carboxylic acids is 2. The number of fused-ring (bicyclic) bond motifs is 1. The fraction of sp³-hybridized carbons (Fsp3) is 0.192. The van der Waals surface area contributed by atoms with E-state index in [1.807, 2.05) is 12.1 Å². The maximum atomic E-state index is 14.0. The number of rotatable bonds is 6. The van der Waals surface area contributed by atoms with Gasteiger partial charge in [-0.3, -0.25) is 4.79 Å². The molecule has 4 rings (SSSR count). The summed E-state index contributed by atoms with van der Waals surface area (Å²) < 4.78 is 0. The van der Waals surface area contributed by atoms with Crippen LogP contribution < -0.4 is 0 Å². The SMILES string of the molecule is O=C(O)c1ccc(Cl)c(CC2(Cc3c(Cl)ccc(C(=O)O)c3Cl)CCc3ccccc3C2=O)c1Cl. The summed E-state index contributed by atoms with van der Waals surface area (Å²) in [6.45, 7) is 0. The summed E-state index contributed by atoms with van der Waals surface area (Å²) in [5.41, 5.74) is 0.652. The van der Waals surface area contributed by atoms with E-state index in [-0.39, 0.29) is 49.8 Å². The van der Waals surface area contributed by atoms with Crippen molar-refractivity contribution >= 4 is 64.1 Å². The van der Waals surface area contributed by atoms with Crippen LogP contribution in [0.4, 0.5) is 0 Å². The second-order valence-corrected chi connectivity index (χ2v) is 10.1. The van der Waals surface area contributed by atoms with Crippen LogP contribution in [0.2, 0.25) is 20.1 Å². The normalized spacial score (nSPS) is 14.5. The second-order valence-electron chi connectivity index (χ2n) is 8.51. The van der Waals surface area contributed by atoms with Crippen LogP contribution in [0.15, 0.2) is 48.5 Å². The third kappa shape index (κ3) is 4.66. The van der Waals surface area contributed by atoms with Gasteiger partial charge in [0.05, 0.1) is 21.2 Å². The van der Waals surface area contributed by atoms with Gasteiger partial charge < -0.3 is 10.2 Å². The Bertz CT molecular complexity index is 1310. The van der Waals surface area contributed by atoms with Crippen molar-refractivity contribution in [3.63, 3.8) is 0 Å². The average Bonchev–Trinajstić information content (AvgIpc) is 2.81. The lowest BCUT2D eigenvalue weighted by Crippen LogP contribution is -2.40. The van der Waals surface area contributed by atoms with Crippen molar-refractivity contribution in [2.45, 2.75) is 25.7 Å². The second kappa shape index (κ2) is 9.82. The molecule has 0 fully saturated rings. The predicted molar refractivity (Wildman–Crippen MR) is 136 cm³/mol. The summed E-state index contributed by atoms with van der Waals surface area (Å²) in [6.07, 6.45) is 0.964. The predicted octanol–water partition coefficient (Wildman–Crippen LogP) is 7.30. The largest absolute Gasteiger partial charge is 0.478 e. The van der Waals surface area contributed by atoms with Crippen molar-refractivity contribution in [2.75, 3.05) is 0 Å². The molecule has 3 aromatic carbocycles. The first-order valence-electron chi connectivity index (χ1n) is 10.6. The summed E-state index contributed by atoms with van der Waals surface area (Å²) in [6, 6.07) is 12.7. The van der Waals surface area contributed by atoms with E-state index in [0.29, 0.717) is 29.5 Å². The van der Waals surface area contributed by atoms with Crippen molar-refractivity contribution in [1.82, 2.24) is 0 Å². The number of aromatic carboxylic acids is 2. The lowest BCUT2D eigenvalue weighted by Gasteiger charge is -2.38. The molecule has 0 aliphatic heterocycles. The first-order valence-corrected chi connectivity index (χ1v) is 12.1. The van der Waals surface area contributed by atoms with Gasteiger partial charge in [0.15, 0.2) is 5.78 Å². The standard InChI is InChI=1S/C26H18Cl4O5/c27-19-7-5-15(24(32)33)21(29)17(19)11-26(10-9-13-3-1-2-4-14(13)23(26)31)12-18-20(28)8-6-16(22(18)30)25(34)35/h1-8H,9-12H2,(H,32,33)(H,34,35). The molecule has 9 heteroatoms. The molecule has 0 radical (unpaired) electrons. The molecule has 0 atom stereocenters. The Morgan fingerprint density at radius 2 is 1.26 bits per heavy atom. The number of aryl methyl sites for hydroxylation is 1. The maximum Gasteiger partial charge on any atom is 0.337 e. The van der Waals surface area contributed by atoms with E-state index >= 15 is 0 Å². The highest BCUT2D eigenvalue weighted by Crippen LogP contribution is 2.46. The van der Waals surface area contributed by atoms with Gasteiger partial charge in [-0.25, -0.2) is 9.59 Å². The zero-order chi connectivity index (χ0) is 25.5. The quantitative estimate of drug-likeness (QED) is 0.335. The van der Waals surface area contributed by atoms with E-state index in [0.717, 1.165) is 5.56 Å². The molecule has 0 saturated carbocycles. The van der Waals surface area contributed by atoms with Gasteiger partial charge >= 0.3 is 11.9 Å². The summed E-state index contributed by atoms with van der Waals surface area (Å²) in [4.78, 5) is 37.4. The minimum Gasteiger partial charge on any atom is -0.478 e. The van der Waals surface area contributed by atoms with E-state index in [9.17, 15) is 24.6 Å². The van der Waals surface area contributed by atoms with E-state index < -0.39 is 17.4 Å². The highest BCUT2D eigenvalue weighted by molar-refractivity contribution is 6.38. The van der Waals surface area contributed by atoms with Crippen LogP contribution in [-0.4, -0.2) is 27.9 Å². The Balaban J connectivity index is 1.91. The Morgan fingerprint density at radius 1 is 0.771 bits per heavy atom. The molecule has 1 aliphatic rings. The Morgan fingerprint density at radius 3 is 1.74 bits per heavy atom. The number of hydrogen-bond donors (Lipinski definition) is 2. The number of ketones is 1. The molecule has 0 unspecified atom stereocenters. The van der Waals surface area contributed by atoms with E-state index in [4.69, 9.17) is 46.4 Å². The molecule has 5 nitrogen and oxygen atoms in total. The topological polar surface area (TPSA) is 91.7 Å². The van der Waals surface area contributed by atoms with Crippen molar-refractivity contribution in [2.24, 2.45) is 5.41 Å². The minimum atomic E-state index is -1.22. The van der Waals surface area contributed by atoms with Crippen molar-refractivity contribution < 1.29 is 24.6 Å². The van der Waals surface area contributed by atoms with Crippen LogP contribution in [0.1, 0.15) is 54.2 Å². The number of hydrogen-bond acceptors (Lipinski definition) is 3. The average molecular weight is 552 g/mol. The molecule has 35 heavy (non-hydrogen) atoms. The van der Waals surface area contributed by atoms with Crippen LogP contribution in [0, 0.1) is 5.41 Å². The number of halogens is 4. The third-order valence-electron chi connectivity index (χ3n) is 6.48. The molecule has 0 amide bonds. The zero-order valence-electron chi connectivity index (χ0n) is 18.1. The number of Topliss-reactive ketones (excluding diaryl/α,β-unsaturated/α-hetero) is 1. The van der Waals surface area contributed by atoms with Gasteiger partial charge in [0, 0.05) is 21.0 Å². The molecule has 0 bridgehead atoms. The Kier molecular flexibility index (Phi) is 7.16. The molecular weight excluding hydrogens is 534 g/mol. The molecule has 2 N–H and O–H groups in total. The van der Waals surface area contributed by atoms with Gasteiger partial charge in [0.1, 0.15) is 0 Å². The first kappa shape index (κ1) is 25.5. The van der Waals surface area contributed by atoms with Crippen LogP contribution in [0.25, 0.3) is 0 Å². The summed E-state index contributed by atoms with van der Waals surface area (Å²) in [5.74, 6) is -2.63. The van der Waals surface area contributed by atoms with Gasteiger partial charge in [0.2, 0.25) is 0 Å². The van der Waals surface area contributed by atoms with Gasteiger partial charge in [0.25, 0.3) is 0 Å². The van der Waals surface area contributed by atoms with Gasteiger partial charge in [-0.2, -0.15) is 0 Å². The molecule has 0 aromatic heterocycles. The molecular formula is C26H18Cl4O5. The van der Waals surface area contributed by atoms with Gasteiger partial charge in [-0.15, -0.1) is 0 Å². The molecule has 3 aromatic rings. The van der Waals surface area contributed by atoms with Crippen LogP contribution in [0.3, 0.4) is 0 Å². The van der Waals surface area contributed by atoms with E-state index in [1.165, 1.54) is 24.3 Å². The summed E-state index contributed by atoms with van der Waals surface area (Å²) >= 11 is 25.8. The highest BCUT2D eigenvalue weighted by Gasteiger charge is 2.44. The Hall–Kier alpha value is -2.57. The summed E-state index contributed by atoms with van der Waals surface area (Å²) in [5, 5.41) is 19.4. The van der Waals surface area contributed by atoms with Crippen molar-refractivity contribution in [1.29, 1.82) is 0 Å². The number of carboxylic acid groups (broad SMARTS) is 2. The molecule has 1 aliphatic carbocycles. The fourth-order valence-electron chi connectivity index (χ4n) is 4.66. The van der Waals surface area contributed by atoms with Crippen LogP contribution >= 0.6 is 46.4 Å². The fourth-order valence-corrected chi connectivity index (χ4v) is 5.83. The van der Waals surface area contributed by atoms with Crippen LogP contribution in [0.5, 0.6) is 0 Å². The van der Waals surface area contributed by atoms with Crippen molar-refractivity contribution in [3.05, 3.63) is 102 Å². The highest BCUT2D eigenvalue weighted by atomic mass is 35.5. The monoisotopic (exact) mass is 550 g/mol. The molecule has 0 saturated heterocycles. The minimum absolute atomic E-state index is 0.0168. The van der Waals surface area contributed by atoms with Gasteiger partial charge in [-0.1, -0.05) is 70.7 Å². The maximum absolute atomic E-state index is 14.0. The Labute approximate surface area is 221 Å². The lowest BCUT2D eigenvalue weighted by molar-refractivity contribution is 0.0686. The number of benzene rings is 3. The third-order valence-corrected chi connectivity index (χ3v) is 8.05. The summed E-state index contributed by atoms with van der Waals surface area (Å²) in [7, 11) is 0. The van der Waals surface area contributed by atoms with Gasteiger partial charge in [-0.05, 0) is 66.6 Å². The number of carbonyl (C=O) groups is 3. The molecule has 180 valence electrons.